The van der Waals surface area contributed by atoms with E-state index in [9.17, 15) is 18.0 Å². The molecule has 1 aromatic carbocycles. The zero-order valence-electron chi connectivity index (χ0n) is 15.1. The van der Waals surface area contributed by atoms with Crippen LogP contribution in [0.5, 0.6) is 0 Å². The van der Waals surface area contributed by atoms with E-state index in [1.807, 2.05) is 6.92 Å². The molecule has 2 heterocycles. The van der Waals surface area contributed by atoms with Crippen molar-refractivity contribution in [2.75, 3.05) is 13.1 Å². The second-order valence-corrected chi connectivity index (χ2v) is 8.52. The van der Waals surface area contributed by atoms with Crippen LogP contribution < -0.4 is 11.3 Å². The number of pyridine rings is 1. The van der Waals surface area contributed by atoms with Gasteiger partial charge in [0.1, 0.15) is 0 Å². The number of nitrogens with two attached hydrogens (primary N) is 1. The molecule has 1 aliphatic rings. The van der Waals surface area contributed by atoms with Crippen molar-refractivity contribution in [1.82, 2.24) is 8.87 Å². The highest BCUT2D eigenvalue weighted by Crippen LogP contribution is 2.26. The molecule has 1 fully saturated rings. The lowest BCUT2D eigenvalue weighted by Gasteiger charge is -2.17. The van der Waals surface area contributed by atoms with Gasteiger partial charge in [-0.2, -0.15) is 4.31 Å². The number of sulfonamides is 1. The summed E-state index contributed by atoms with van der Waals surface area (Å²) in [6.07, 6.45) is 2.99. The van der Waals surface area contributed by atoms with E-state index < -0.39 is 15.6 Å². The SMILES string of the molecule is CCCC(=O)OCn1ccc2c(S(=O)(=O)N3CC[C@H](N)C3)cccc2c1=O. The monoisotopic (exact) mass is 393 g/mol. The van der Waals surface area contributed by atoms with Gasteiger partial charge in [0.05, 0.1) is 4.90 Å². The molecule has 2 N–H and O–H groups in total. The van der Waals surface area contributed by atoms with Crippen LogP contribution in [0.4, 0.5) is 0 Å². The van der Waals surface area contributed by atoms with Crippen molar-refractivity contribution in [1.29, 1.82) is 0 Å². The summed E-state index contributed by atoms with van der Waals surface area (Å²) in [6.45, 7) is 2.29. The molecule has 9 heteroatoms. The van der Waals surface area contributed by atoms with Gasteiger partial charge < -0.3 is 10.5 Å². The molecule has 2 aromatic rings. The standard InChI is InChI=1S/C18H23N3O5S/c1-2-4-17(22)26-12-20-9-8-14-15(18(20)23)5-3-6-16(14)27(24,25)21-10-7-13(19)11-21/h3,5-6,8-9,13H,2,4,7,10-12,19H2,1H3/t13-/m0/s1. The Kier molecular flexibility index (Phi) is 5.64. The number of hydrogen-bond acceptors (Lipinski definition) is 6. The molecule has 1 aromatic heterocycles. The molecule has 3 rings (SSSR count). The normalized spacial score (nSPS) is 18.1. The molecule has 0 spiro atoms. The topological polar surface area (TPSA) is 112 Å². The van der Waals surface area contributed by atoms with Crippen LogP contribution in [-0.2, 0) is 26.3 Å². The van der Waals surface area contributed by atoms with E-state index in [-0.39, 0.29) is 42.0 Å². The highest BCUT2D eigenvalue weighted by atomic mass is 32.2. The Balaban J connectivity index is 1.97. The van der Waals surface area contributed by atoms with Crippen molar-refractivity contribution < 1.29 is 17.9 Å². The fraction of sp³-hybridized carbons (Fsp3) is 0.444. The maximum Gasteiger partial charge on any atom is 0.307 e. The third kappa shape index (κ3) is 3.90. The predicted molar refractivity (Wildman–Crippen MR) is 101 cm³/mol. The average Bonchev–Trinajstić information content (AvgIpc) is 3.08. The summed E-state index contributed by atoms with van der Waals surface area (Å²) in [5.74, 6) is -0.383. The van der Waals surface area contributed by atoms with Crippen molar-refractivity contribution in [2.45, 2.75) is 43.9 Å². The van der Waals surface area contributed by atoms with Gasteiger partial charge in [0.15, 0.2) is 6.73 Å². The number of rotatable bonds is 6. The third-order valence-corrected chi connectivity index (χ3v) is 6.53. The molecule has 0 aliphatic carbocycles. The van der Waals surface area contributed by atoms with Gasteiger partial charge in [0.2, 0.25) is 10.0 Å². The number of carbonyl (C=O) groups is 1. The van der Waals surface area contributed by atoms with Crippen molar-refractivity contribution in [3.05, 3.63) is 40.8 Å². The van der Waals surface area contributed by atoms with Crippen LogP contribution in [0.25, 0.3) is 10.8 Å². The third-order valence-electron chi connectivity index (χ3n) is 4.60. The van der Waals surface area contributed by atoms with Crippen LogP contribution in [0.15, 0.2) is 40.2 Å². The first-order valence-corrected chi connectivity index (χ1v) is 10.3. The fourth-order valence-electron chi connectivity index (χ4n) is 3.15. The van der Waals surface area contributed by atoms with Crippen LogP contribution >= 0.6 is 0 Å². The molecule has 1 aliphatic heterocycles. The molecule has 1 atom stereocenters. The van der Waals surface area contributed by atoms with Gasteiger partial charge in [-0.25, -0.2) is 8.42 Å². The minimum absolute atomic E-state index is 0.0846. The van der Waals surface area contributed by atoms with Crippen LogP contribution in [-0.4, -0.2) is 42.4 Å². The summed E-state index contributed by atoms with van der Waals surface area (Å²) in [6, 6.07) is 5.99. The Morgan fingerprint density at radius 3 is 2.74 bits per heavy atom. The Morgan fingerprint density at radius 1 is 1.30 bits per heavy atom. The smallest absolute Gasteiger partial charge is 0.307 e. The average molecular weight is 393 g/mol. The Labute approximate surface area is 157 Å². The molecule has 8 nitrogen and oxygen atoms in total. The second kappa shape index (κ2) is 7.79. The van der Waals surface area contributed by atoms with Crippen LogP contribution in [0.1, 0.15) is 26.2 Å². The molecule has 1 saturated heterocycles. The van der Waals surface area contributed by atoms with Gasteiger partial charge in [0.25, 0.3) is 5.56 Å². The van der Waals surface area contributed by atoms with Gasteiger partial charge in [-0.15, -0.1) is 0 Å². The first-order valence-electron chi connectivity index (χ1n) is 8.88. The summed E-state index contributed by atoms with van der Waals surface area (Å²) in [5.41, 5.74) is 5.42. The molecular weight excluding hydrogens is 370 g/mol. The van der Waals surface area contributed by atoms with E-state index in [1.165, 1.54) is 21.1 Å². The number of nitrogens with zero attached hydrogens (tertiary/aromatic N) is 2. The van der Waals surface area contributed by atoms with Crippen LogP contribution in [0.3, 0.4) is 0 Å². The number of carbonyl (C=O) groups excluding carboxylic acids is 1. The van der Waals surface area contributed by atoms with E-state index in [2.05, 4.69) is 0 Å². The predicted octanol–water partition coefficient (Wildman–Crippen LogP) is 1.02. The zero-order chi connectivity index (χ0) is 19.6. The number of ether oxygens (including phenoxy) is 1. The molecule has 0 radical (unpaired) electrons. The molecule has 146 valence electrons. The highest BCUT2D eigenvalue weighted by molar-refractivity contribution is 7.89. The lowest BCUT2D eigenvalue weighted by atomic mass is 10.2. The molecule has 27 heavy (non-hydrogen) atoms. The Bertz CT molecular complexity index is 1020. The number of aromatic nitrogens is 1. The van der Waals surface area contributed by atoms with E-state index in [0.717, 1.165) is 0 Å². The van der Waals surface area contributed by atoms with Crippen LogP contribution in [0.2, 0.25) is 0 Å². The first-order chi connectivity index (χ1) is 12.8. The van der Waals surface area contributed by atoms with Gasteiger partial charge in [0, 0.05) is 42.5 Å². The van der Waals surface area contributed by atoms with Crippen molar-refractivity contribution in [3.63, 3.8) is 0 Å². The second-order valence-electron chi connectivity index (χ2n) is 6.62. The molecule has 0 unspecified atom stereocenters. The maximum atomic E-state index is 13.0. The molecule has 0 bridgehead atoms. The minimum atomic E-state index is -3.74. The summed E-state index contributed by atoms with van der Waals surface area (Å²) in [7, 11) is -3.74. The van der Waals surface area contributed by atoms with E-state index in [4.69, 9.17) is 10.5 Å². The van der Waals surface area contributed by atoms with Gasteiger partial charge in [-0.05, 0) is 31.0 Å². The van der Waals surface area contributed by atoms with E-state index in [1.54, 1.807) is 18.2 Å². The maximum absolute atomic E-state index is 13.0. The summed E-state index contributed by atoms with van der Waals surface area (Å²) in [4.78, 5) is 24.3. The quantitative estimate of drug-likeness (QED) is 0.734. The summed E-state index contributed by atoms with van der Waals surface area (Å²) in [5, 5.41) is 0.604. The van der Waals surface area contributed by atoms with Crippen molar-refractivity contribution >= 4 is 26.8 Å². The first kappa shape index (κ1) is 19.5. The number of benzene rings is 1. The molecular formula is C18H23N3O5S. The summed E-state index contributed by atoms with van der Waals surface area (Å²) >= 11 is 0. The molecule has 0 saturated carbocycles. The number of hydrogen-bond donors (Lipinski definition) is 1. The Hall–Kier alpha value is -2.23. The Morgan fingerprint density at radius 2 is 2.07 bits per heavy atom. The highest BCUT2D eigenvalue weighted by Gasteiger charge is 2.32. The number of esters is 1. The van der Waals surface area contributed by atoms with Gasteiger partial charge in [-0.3, -0.25) is 14.2 Å². The lowest BCUT2D eigenvalue weighted by molar-refractivity contribution is -0.147. The lowest BCUT2D eigenvalue weighted by Crippen LogP contribution is -2.32. The van der Waals surface area contributed by atoms with Crippen LogP contribution in [0, 0.1) is 0 Å². The van der Waals surface area contributed by atoms with E-state index >= 15 is 0 Å². The fourth-order valence-corrected chi connectivity index (χ4v) is 4.86. The van der Waals surface area contributed by atoms with Crippen molar-refractivity contribution in [2.24, 2.45) is 5.73 Å². The minimum Gasteiger partial charge on any atom is -0.444 e. The van der Waals surface area contributed by atoms with Gasteiger partial charge in [-0.1, -0.05) is 13.0 Å². The summed E-state index contributed by atoms with van der Waals surface area (Å²) < 4.78 is 33.6. The zero-order valence-corrected chi connectivity index (χ0v) is 15.9. The van der Waals surface area contributed by atoms with Crippen molar-refractivity contribution in [3.8, 4) is 0 Å². The van der Waals surface area contributed by atoms with E-state index in [0.29, 0.717) is 24.8 Å². The largest absolute Gasteiger partial charge is 0.444 e. The number of fused-ring (bicyclic) bond motifs is 1. The van der Waals surface area contributed by atoms with Gasteiger partial charge >= 0.3 is 5.97 Å². The molecule has 0 amide bonds.